The van der Waals surface area contributed by atoms with Gasteiger partial charge in [-0.3, -0.25) is 0 Å². The lowest BCUT2D eigenvalue weighted by atomic mass is 9.97. The van der Waals surface area contributed by atoms with Gasteiger partial charge in [-0.05, 0) is 36.5 Å². The van der Waals surface area contributed by atoms with E-state index in [1.54, 1.807) is 0 Å². The van der Waals surface area contributed by atoms with Gasteiger partial charge in [-0.2, -0.15) is 0 Å². The van der Waals surface area contributed by atoms with Crippen molar-refractivity contribution in [1.82, 2.24) is 0 Å². The van der Waals surface area contributed by atoms with Gasteiger partial charge in [0.25, 0.3) is 0 Å². The van der Waals surface area contributed by atoms with Crippen molar-refractivity contribution in [2.24, 2.45) is 0 Å². The number of hydrogen-bond acceptors (Lipinski definition) is 1. The molecule has 0 aromatic heterocycles. The Labute approximate surface area is 119 Å². The number of hydrogen-bond donors (Lipinski definition) is 1. The number of rotatable bonds is 10. The second-order valence-electron chi connectivity index (χ2n) is 5.60. The van der Waals surface area contributed by atoms with Crippen molar-refractivity contribution >= 4 is 0 Å². The molecule has 0 heterocycles. The van der Waals surface area contributed by atoms with Crippen LogP contribution in [0.25, 0.3) is 0 Å². The van der Waals surface area contributed by atoms with Gasteiger partial charge in [-0.25, -0.2) is 0 Å². The van der Waals surface area contributed by atoms with E-state index >= 15 is 0 Å². The van der Waals surface area contributed by atoms with Gasteiger partial charge in [-0.15, -0.1) is 0 Å². The van der Waals surface area contributed by atoms with Crippen LogP contribution in [0.2, 0.25) is 0 Å². The first-order chi connectivity index (χ1) is 9.29. The van der Waals surface area contributed by atoms with Crippen molar-refractivity contribution < 1.29 is 5.11 Å². The molecule has 1 nitrogen and oxygen atoms in total. The minimum atomic E-state index is 0.180. The van der Waals surface area contributed by atoms with E-state index in [4.69, 9.17) is 0 Å². The van der Waals surface area contributed by atoms with Gasteiger partial charge in [0.05, 0.1) is 6.61 Å². The molecule has 0 aliphatic rings. The third-order valence-electron chi connectivity index (χ3n) is 3.97. The monoisotopic (exact) mass is 262 g/mol. The molecule has 0 atom stereocenters. The fourth-order valence-corrected chi connectivity index (χ4v) is 2.67. The summed E-state index contributed by atoms with van der Waals surface area (Å²) in [4.78, 5) is 0. The molecule has 0 saturated heterocycles. The molecule has 0 saturated carbocycles. The minimum Gasteiger partial charge on any atom is -0.392 e. The number of aryl methyl sites for hydroxylation is 2. The van der Waals surface area contributed by atoms with Crippen LogP contribution >= 0.6 is 0 Å². The average molecular weight is 262 g/mol. The van der Waals surface area contributed by atoms with Gasteiger partial charge in [0.2, 0.25) is 0 Å². The Balaban J connectivity index is 2.17. The maximum Gasteiger partial charge on any atom is 0.0687 e. The van der Waals surface area contributed by atoms with E-state index in [9.17, 15) is 5.11 Å². The fraction of sp³-hybridized carbons (Fsp3) is 0.667. The van der Waals surface area contributed by atoms with E-state index in [1.807, 2.05) is 0 Å². The van der Waals surface area contributed by atoms with Gasteiger partial charge in [0.1, 0.15) is 0 Å². The van der Waals surface area contributed by atoms with E-state index < -0.39 is 0 Å². The quantitative estimate of drug-likeness (QED) is 0.577. The number of aliphatic hydroxyl groups excluding tert-OH is 1. The molecule has 0 amide bonds. The lowest BCUT2D eigenvalue weighted by Crippen LogP contribution is -1.97. The standard InChI is InChI=1S/C18H30O/c1-3-4-5-6-7-8-9-10-13-17-14-11-12-16(2)18(17)15-19/h11-12,14,19H,3-10,13,15H2,1-2H3. The third kappa shape index (κ3) is 6.24. The predicted molar refractivity (Wildman–Crippen MR) is 83.4 cm³/mol. The highest BCUT2D eigenvalue weighted by molar-refractivity contribution is 5.33. The Hall–Kier alpha value is -0.820. The second-order valence-corrected chi connectivity index (χ2v) is 5.60. The molecule has 1 aromatic rings. The van der Waals surface area contributed by atoms with Crippen LogP contribution in [0, 0.1) is 6.92 Å². The summed E-state index contributed by atoms with van der Waals surface area (Å²) in [6.07, 6.45) is 12.0. The van der Waals surface area contributed by atoms with E-state index in [-0.39, 0.29) is 6.61 Å². The van der Waals surface area contributed by atoms with E-state index in [0.29, 0.717) is 0 Å². The molecule has 108 valence electrons. The highest BCUT2D eigenvalue weighted by Gasteiger charge is 2.03. The molecule has 0 unspecified atom stereocenters. The van der Waals surface area contributed by atoms with Gasteiger partial charge in [-0.1, -0.05) is 70.1 Å². The Morgan fingerprint density at radius 2 is 1.53 bits per heavy atom. The number of unbranched alkanes of at least 4 members (excludes halogenated alkanes) is 7. The first-order valence-electron chi connectivity index (χ1n) is 7.97. The molecule has 0 aliphatic heterocycles. The Bertz CT molecular complexity index is 344. The van der Waals surface area contributed by atoms with Gasteiger partial charge < -0.3 is 5.11 Å². The van der Waals surface area contributed by atoms with Gasteiger partial charge in [0, 0.05) is 0 Å². The van der Waals surface area contributed by atoms with Crippen molar-refractivity contribution in [3.63, 3.8) is 0 Å². The lowest BCUT2D eigenvalue weighted by Gasteiger charge is -2.10. The summed E-state index contributed by atoms with van der Waals surface area (Å²) in [6, 6.07) is 6.36. The summed E-state index contributed by atoms with van der Waals surface area (Å²) in [5, 5.41) is 9.42. The fourth-order valence-electron chi connectivity index (χ4n) is 2.67. The summed E-state index contributed by atoms with van der Waals surface area (Å²) >= 11 is 0. The van der Waals surface area contributed by atoms with Crippen molar-refractivity contribution in [2.75, 3.05) is 0 Å². The molecule has 1 aromatic carbocycles. The summed E-state index contributed by atoms with van der Waals surface area (Å²) in [5.74, 6) is 0. The SMILES string of the molecule is CCCCCCCCCCc1cccc(C)c1CO. The van der Waals surface area contributed by atoms with E-state index in [1.165, 1.54) is 62.5 Å². The highest BCUT2D eigenvalue weighted by atomic mass is 16.3. The van der Waals surface area contributed by atoms with Crippen LogP contribution in [0.4, 0.5) is 0 Å². The largest absolute Gasteiger partial charge is 0.392 e. The Kier molecular flexibility index (Phi) is 8.57. The molecule has 0 radical (unpaired) electrons. The summed E-state index contributed by atoms with van der Waals surface area (Å²) in [5.41, 5.74) is 3.71. The number of benzene rings is 1. The second kappa shape index (κ2) is 10.0. The average Bonchev–Trinajstić information content (AvgIpc) is 2.42. The molecule has 1 N–H and O–H groups in total. The predicted octanol–water partition coefficient (Wildman–Crippen LogP) is 5.17. The summed E-state index contributed by atoms with van der Waals surface area (Å²) in [7, 11) is 0. The topological polar surface area (TPSA) is 20.2 Å². The van der Waals surface area contributed by atoms with Crippen LogP contribution in [0.1, 0.15) is 75.0 Å². The maximum atomic E-state index is 9.42. The zero-order chi connectivity index (χ0) is 13.9. The molecule has 0 bridgehead atoms. The molecular weight excluding hydrogens is 232 g/mol. The van der Waals surface area contributed by atoms with Gasteiger partial charge in [0.15, 0.2) is 0 Å². The van der Waals surface area contributed by atoms with Crippen LogP contribution in [-0.4, -0.2) is 5.11 Å². The molecule has 0 fully saturated rings. The minimum absolute atomic E-state index is 0.180. The first kappa shape index (κ1) is 16.2. The molecule has 0 aliphatic carbocycles. The molecule has 1 rings (SSSR count). The zero-order valence-electron chi connectivity index (χ0n) is 12.8. The van der Waals surface area contributed by atoms with Crippen LogP contribution in [0.15, 0.2) is 18.2 Å². The maximum absolute atomic E-state index is 9.42. The summed E-state index contributed by atoms with van der Waals surface area (Å²) < 4.78 is 0. The van der Waals surface area contributed by atoms with Crippen molar-refractivity contribution in [2.45, 2.75) is 78.2 Å². The molecular formula is C18H30O. The van der Waals surface area contributed by atoms with Crippen molar-refractivity contribution in [1.29, 1.82) is 0 Å². The van der Waals surface area contributed by atoms with E-state index in [2.05, 4.69) is 32.0 Å². The summed E-state index contributed by atoms with van der Waals surface area (Å²) in [6.45, 7) is 4.53. The molecule has 1 heteroatoms. The highest BCUT2D eigenvalue weighted by Crippen LogP contribution is 2.17. The van der Waals surface area contributed by atoms with Crippen LogP contribution < -0.4 is 0 Å². The lowest BCUT2D eigenvalue weighted by molar-refractivity contribution is 0.279. The van der Waals surface area contributed by atoms with Crippen molar-refractivity contribution in [3.8, 4) is 0 Å². The smallest absolute Gasteiger partial charge is 0.0687 e. The van der Waals surface area contributed by atoms with Crippen LogP contribution in [0.3, 0.4) is 0 Å². The molecule has 0 spiro atoms. The first-order valence-corrected chi connectivity index (χ1v) is 7.97. The zero-order valence-corrected chi connectivity index (χ0v) is 12.8. The van der Waals surface area contributed by atoms with E-state index in [0.717, 1.165) is 12.0 Å². The Morgan fingerprint density at radius 3 is 2.16 bits per heavy atom. The van der Waals surface area contributed by atoms with Crippen molar-refractivity contribution in [3.05, 3.63) is 34.9 Å². The van der Waals surface area contributed by atoms with Crippen LogP contribution in [-0.2, 0) is 13.0 Å². The molecule has 19 heavy (non-hydrogen) atoms. The number of aliphatic hydroxyl groups is 1. The van der Waals surface area contributed by atoms with Gasteiger partial charge >= 0.3 is 0 Å². The van der Waals surface area contributed by atoms with Crippen LogP contribution in [0.5, 0.6) is 0 Å². The Morgan fingerprint density at radius 1 is 0.895 bits per heavy atom. The normalized spacial score (nSPS) is 10.9. The third-order valence-corrected chi connectivity index (χ3v) is 3.97.